The van der Waals surface area contributed by atoms with Gasteiger partial charge in [0.15, 0.2) is 15.7 Å². The van der Waals surface area contributed by atoms with Crippen LogP contribution in [-0.4, -0.2) is 44.1 Å². The minimum Gasteiger partial charge on any atom is -0.494 e. The summed E-state index contributed by atoms with van der Waals surface area (Å²) in [6, 6.07) is 6.22. The zero-order valence-electron chi connectivity index (χ0n) is 13.2. The zero-order chi connectivity index (χ0) is 17.0. The zero-order valence-corrected chi connectivity index (χ0v) is 14.0. The molecule has 0 fully saturated rings. The Morgan fingerprint density at radius 2 is 1.78 bits per heavy atom. The van der Waals surface area contributed by atoms with Crippen LogP contribution in [0.3, 0.4) is 0 Å². The molecule has 1 aromatic carbocycles. The highest BCUT2D eigenvalue weighted by molar-refractivity contribution is 7.90. The van der Waals surface area contributed by atoms with Crippen molar-refractivity contribution in [1.29, 1.82) is 0 Å². The van der Waals surface area contributed by atoms with Gasteiger partial charge in [-0.05, 0) is 31.2 Å². The highest BCUT2D eigenvalue weighted by Gasteiger charge is 2.19. The first kappa shape index (κ1) is 16.9. The summed E-state index contributed by atoms with van der Waals surface area (Å²) in [5.74, 6) is 0.671. The Morgan fingerprint density at radius 1 is 1.13 bits per heavy atom. The van der Waals surface area contributed by atoms with Crippen LogP contribution in [0, 0.1) is 0 Å². The smallest absolute Gasteiger partial charge is 0.229 e. The summed E-state index contributed by atoms with van der Waals surface area (Å²) in [6.45, 7) is 2.38. The van der Waals surface area contributed by atoms with E-state index in [2.05, 4.69) is 15.0 Å². The molecule has 0 saturated carbocycles. The summed E-state index contributed by atoms with van der Waals surface area (Å²) >= 11 is 0. The molecule has 0 aliphatic heterocycles. The number of nitrogens with zero attached hydrogens (tertiary/aromatic N) is 4. The summed E-state index contributed by atoms with van der Waals surface area (Å²) in [4.78, 5) is 13.8. The second kappa shape index (κ2) is 6.78. The molecule has 1 heterocycles. The Bertz CT molecular complexity index is 775. The molecule has 1 aromatic heterocycles. The number of anilines is 2. The number of hydrogen-bond donors (Lipinski definition) is 1. The average Bonchev–Trinajstić information content (AvgIpc) is 2.47. The van der Waals surface area contributed by atoms with Crippen LogP contribution in [0.4, 0.5) is 11.9 Å². The lowest BCUT2D eigenvalue weighted by Gasteiger charge is -2.11. The summed E-state index contributed by atoms with van der Waals surface area (Å²) in [5.41, 5.74) is 5.61. The predicted octanol–water partition coefficient (Wildman–Crippen LogP) is 0.892. The summed E-state index contributed by atoms with van der Waals surface area (Å²) in [7, 11) is -0.115. The summed E-state index contributed by atoms with van der Waals surface area (Å²) in [5, 5.41) is 0. The van der Waals surface area contributed by atoms with E-state index >= 15 is 0 Å². The Labute approximate surface area is 135 Å². The standard InChI is InChI=1S/C14H19N5O3S/c1-4-22-10-5-7-11(8-6-10)23(20,21)9-12-16-13(15)18-14(17-12)19(2)3/h5-8H,4,9H2,1-3H3,(H2,15,16,17,18). The molecule has 0 saturated heterocycles. The molecule has 0 aliphatic carbocycles. The van der Waals surface area contributed by atoms with Gasteiger partial charge in [-0.2, -0.15) is 15.0 Å². The van der Waals surface area contributed by atoms with E-state index < -0.39 is 9.84 Å². The summed E-state index contributed by atoms with van der Waals surface area (Å²) < 4.78 is 30.2. The first-order chi connectivity index (χ1) is 10.8. The highest BCUT2D eigenvalue weighted by Crippen LogP contribution is 2.19. The molecule has 0 aliphatic rings. The summed E-state index contributed by atoms with van der Waals surface area (Å²) in [6.07, 6.45) is 0. The van der Waals surface area contributed by atoms with E-state index in [1.165, 1.54) is 12.1 Å². The van der Waals surface area contributed by atoms with Gasteiger partial charge in [0.25, 0.3) is 0 Å². The molecule has 9 heteroatoms. The molecule has 2 aromatic rings. The van der Waals surface area contributed by atoms with Gasteiger partial charge in [0.05, 0.1) is 11.5 Å². The van der Waals surface area contributed by atoms with Crippen molar-refractivity contribution in [2.45, 2.75) is 17.6 Å². The monoisotopic (exact) mass is 337 g/mol. The number of rotatable bonds is 6. The van der Waals surface area contributed by atoms with Crippen molar-refractivity contribution in [2.75, 3.05) is 31.3 Å². The van der Waals surface area contributed by atoms with Crippen molar-refractivity contribution in [2.24, 2.45) is 0 Å². The number of benzene rings is 1. The van der Waals surface area contributed by atoms with Crippen molar-refractivity contribution >= 4 is 21.7 Å². The van der Waals surface area contributed by atoms with Crippen LogP contribution in [0.15, 0.2) is 29.2 Å². The van der Waals surface area contributed by atoms with E-state index in [1.807, 2.05) is 6.92 Å². The van der Waals surface area contributed by atoms with Crippen molar-refractivity contribution < 1.29 is 13.2 Å². The molecule has 0 amide bonds. The van der Waals surface area contributed by atoms with Crippen LogP contribution in [-0.2, 0) is 15.6 Å². The van der Waals surface area contributed by atoms with Crippen LogP contribution >= 0.6 is 0 Å². The van der Waals surface area contributed by atoms with Gasteiger partial charge in [-0.3, -0.25) is 0 Å². The van der Waals surface area contributed by atoms with Gasteiger partial charge in [-0.25, -0.2) is 8.42 Å². The Kier molecular flexibility index (Phi) is 4.99. The first-order valence-corrected chi connectivity index (χ1v) is 8.60. The third kappa shape index (κ3) is 4.28. The van der Waals surface area contributed by atoms with E-state index in [4.69, 9.17) is 10.5 Å². The largest absolute Gasteiger partial charge is 0.494 e. The Balaban J connectivity index is 2.27. The van der Waals surface area contributed by atoms with Crippen LogP contribution in [0.25, 0.3) is 0 Å². The predicted molar refractivity (Wildman–Crippen MR) is 87.1 cm³/mol. The molecule has 0 unspecified atom stereocenters. The Morgan fingerprint density at radius 3 is 2.35 bits per heavy atom. The fourth-order valence-corrected chi connectivity index (χ4v) is 3.04. The topological polar surface area (TPSA) is 111 Å². The van der Waals surface area contributed by atoms with Gasteiger partial charge in [0.2, 0.25) is 11.9 Å². The fourth-order valence-electron chi connectivity index (χ4n) is 1.85. The maximum atomic E-state index is 12.5. The van der Waals surface area contributed by atoms with Gasteiger partial charge < -0.3 is 15.4 Å². The molecule has 124 valence electrons. The average molecular weight is 337 g/mol. The molecule has 2 N–H and O–H groups in total. The molecule has 0 spiro atoms. The van der Waals surface area contributed by atoms with Gasteiger partial charge >= 0.3 is 0 Å². The lowest BCUT2D eigenvalue weighted by molar-refractivity contribution is 0.340. The molecule has 2 rings (SSSR count). The first-order valence-electron chi connectivity index (χ1n) is 6.95. The lowest BCUT2D eigenvalue weighted by atomic mass is 10.3. The second-order valence-electron chi connectivity index (χ2n) is 4.97. The van der Waals surface area contributed by atoms with E-state index in [0.29, 0.717) is 18.3 Å². The number of nitrogens with two attached hydrogens (primary N) is 1. The van der Waals surface area contributed by atoms with E-state index in [-0.39, 0.29) is 22.4 Å². The van der Waals surface area contributed by atoms with Crippen LogP contribution < -0.4 is 15.4 Å². The van der Waals surface area contributed by atoms with E-state index in [9.17, 15) is 8.42 Å². The van der Waals surface area contributed by atoms with Crippen LogP contribution in [0.5, 0.6) is 5.75 Å². The number of ether oxygens (including phenoxy) is 1. The molecular formula is C14H19N5O3S. The number of hydrogen-bond acceptors (Lipinski definition) is 8. The van der Waals surface area contributed by atoms with Crippen molar-refractivity contribution in [3.63, 3.8) is 0 Å². The minimum absolute atomic E-state index is 0.0133. The quantitative estimate of drug-likeness (QED) is 0.827. The number of nitrogen functional groups attached to an aromatic ring is 1. The van der Waals surface area contributed by atoms with Crippen molar-refractivity contribution in [3.8, 4) is 5.75 Å². The molecule has 0 radical (unpaired) electrons. The van der Waals surface area contributed by atoms with Gasteiger partial charge in [0.1, 0.15) is 11.5 Å². The molecule has 0 bridgehead atoms. The second-order valence-corrected chi connectivity index (χ2v) is 6.96. The van der Waals surface area contributed by atoms with Gasteiger partial charge in [-0.1, -0.05) is 0 Å². The Hall–Kier alpha value is -2.42. The normalized spacial score (nSPS) is 11.3. The van der Waals surface area contributed by atoms with Gasteiger partial charge in [-0.15, -0.1) is 0 Å². The SMILES string of the molecule is CCOc1ccc(S(=O)(=O)Cc2nc(N)nc(N(C)C)n2)cc1. The van der Waals surface area contributed by atoms with E-state index in [0.717, 1.165) is 0 Å². The molecule has 0 atom stereocenters. The minimum atomic E-state index is -3.59. The highest BCUT2D eigenvalue weighted by atomic mass is 32.2. The fraction of sp³-hybridized carbons (Fsp3) is 0.357. The molecule has 8 nitrogen and oxygen atoms in total. The van der Waals surface area contributed by atoms with Crippen molar-refractivity contribution in [1.82, 2.24) is 15.0 Å². The van der Waals surface area contributed by atoms with Gasteiger partial charge in [0, 0.05) is 14.1 Å². The third-order valence-corrected chi connectivity index (χ3v) is 4.53. The molecular weight excluding hydrogens is 318 g/mol. The maximum Gasteiger partial charge on any atom is 0.229 e. The van der Waals surface area contributed by atoms with Crippen molar-refractivity contribution in [3.05, 3.63) is 30.1 Å². The number of aromatic nitrogens is 3. The van der Waals surface area contributed by atoms with E-state index in [1.54, 1.807) is 31.1 Å². The third-order valence-electron chi connectivity index (χ3n) is 2.90. The maximum absolute atomic E-state index is 12.5. The van der Waals surface area contributed by atoms with Crippen LogP contribution in [0.1, 0.15) is 12.7 Å². The van der Waals surface area contributed by atoms with Crippen LogP contribution in [0.2, 0.25) is 0 Å². The lowest BCUT2D eigenvalue weighted by Crippen LogP contribution is -2.17. The number of sulfone groups is 1. The molecule has 23 heavy (non-hydrogen) atoms.